The minimum Gasteiger partial charge on any atom is -0.481 e. The molecule has 0 amide bonds. The first-order valence-electron chi connectivity index (χ1n) is 7.47. The van der Waals surface area contributed by atoms with Gasteiger partial charge in [0.15, 0.2) is 0 Å². The van der Waals surface area contributed by atoms with Crippen LogP contribution in [0, 0.1) is 18.7 Å². The number of carboxylic acids is 1. The van der Waals surface area contributed by atoms with Crippen LogP contribution in [0.25, 0.3) is 0 Å². The molecule has 1 aliphatic heterocycles. The molecule has 0 atom stereocenters. The third-order valence-corrected chi connectivity index (χ3v) is 4.09. The lowest BCUT2D eigenvalue weighted by atomic mass is 9.97. The third kappa shape index (κ3) is 4.79. The van der Waals surface area contributed by atoms with Gasteiger partial charge in [0.25, 0.3) is 0 Å². The fraction of sp³-hybridized carbons (Fsp3) is 0.562. The van der Waals surface area contributed by atoms with Gasteiger partial charge in [-0.2, -0.15) is 0 Å². The van der Waals surface area contributed by atoms with Gasteiger partial charge in [-0.05, 0) is 50.0 Å². The molecule has 21 heavy (non-hydrogen) atoms. The summed E-state index contributed by atoms with van der Waals surface area (Å²) >= 11 is 0. The van der Waals surface area contributed by atoms with E-state index < -0.39 is 5.97 Å². The standard InChI is InChI=1S/C16H23FN2O2/c1-12-10-13(2-3-15(12)17)11-18-6-9-19-7-4-14(5-8-19)16(20)21/h2-3,10,14,18H,4-9,11H2,1H3,(H,20,21). The maximum Gasteiger partial charge on any atom is 0.306 e. The van der Waals surface area contributed by atoms with E-state index in [4.69, 9.17) is 5.11 Å². The Balaban J connectivity index is 1.64. The van der Waals surface area contributed by atoms with Crippen LogP contribution in [0.5, 0.6) is 0 Å². The number of rotatable bonds is 6. The Bertz CT molecular complexity index is 485. The molecule has 1 saturated heterocycles. The van der Waals surface area contributed by atoms with Crippen LogP contribution < -0.4 is 5.32 Å². The third-order valence-electron chi connectivity index (χ3n) is 4.09. The number of hydrogen-bond acceptors (Lipinski definition) is 3. The van der Waals surface area contributed by atoms with Gasteiger partial charge in [0.1, 0.15) is 5.82 Å². The summed E-state index contributed by atoms with van der Waals surface area (Å²) in [6, 6.07) is 5.16. The summed E-state index contributed by atoms with van der Waals surface area (Å²) in [5, 5.41) is 12.3. The number of aryl methyl sites for hydroxylation is 1. The van der Waals surface area contributed by atoms with Crippen molar-refractivity contribution in [2.45, 2.75) is 26.3 Å². The van der Waals surface area contributed by atoms with Gasteiger partial charge in [0.2, 0.25) is 0 Å². The van der Waals surface area contributed by atoms with Crippen molar-refractivity contribution < 1.29 is 14.3 Å². The van der Waals surface area contributed by atoms with E-state index >= 15 is 0 Å². The predicted octanol–water partition coefficient (Wildman–Crippen LogP) is 2.02. The average Bonchev–Trinajstić information content (AvgIpc) is 2.47. The van der Waals surface area contributed by atoms with Gasteiger partial charge >= 0.3 is 5.97 Å². The number of carbonyl (C=O) groups is 1. The molecule has 1 heterocycles. The van der Waals surface area contributed by atoms with Crippen LogP contribution in [-0.4, -0.2) is 42.2 Å². The van der Waals surface area contributed by atoms with E-state index in [2.05, 4.69) is 10.2 Å². The second-order valence-electron chi connectivity index (χ2n) is 5.71. The zero-order valence-electron chi connectivity index (χ0n) is 12.4. The number of aliphatic carboxylic acids is 1. The van der Waals surface area contributed by atoms with Crippen LogP contribution in [0.4, 0.5) is 4.39 Å². The summed E-state index contributed by atoms with van der Waals surface area (Å²) in [6.45, 7) is 5.99. The van der Waals surface area contributed by atoms with Crippen molar-refractivity contribution in [3.63, 3.8) is 0 Å². The molecule has 0 spiro atoms. The zero-order chi connectivity index (χ0) is 15.2. The van der Waals surface area contributed by atoms with Crippen molar-refractivity contribution in [2.75, 3.05) is 26.2 Å². The van der Waals surface area contributed by atoms with Crippen molar-refractivity contribution in [2.24, 2.45) is 5.92 Å². The van der Waals surface area contributed by atoms with Crippen molar-refractivity contribution in [1.29, 1.82) is 0 Å². The first-order valence-corrected chi connectivity index (χ1v) is 7.47. The van der Waals surface area contributed by atoms with Gasteiger partial charge in [0, 0.05) is 19.6 Å². The van der Waals surface area contributed by atoms with Crippen molar-refractivity contribution >= 4 is 5.97 Å². The number of benzene rings is 1. The Morgan fingerprint density at radius 2 is 2.14 bits per heavy atom. The lowest BCUT2D eigenvalue weighted by Gasteiger charge is -2.29. The molecular weight excluding hydrogens is 271 g/mol. The Hall–Kier alpha value is -1.46. The average molecular weight is 294 g/mol. The highest BCUT2D eigenvalue weighted by Gasteiger charge is 2.23. The van der Waals surface area contributed by atoms with E-state index in [1.54, 1.807) is 13.0 Å². The summed E-state index contributed by atoms with van der Waals surface area (Å²) in [4.78, 5) is 13.2. The summed E-state index contributed by atoms with van der Waals surface area (Å²) < 4.78 is 13.1. The maximum absolute atomic E-state index is 13.1. The normalized spacial score (nSPS) is 17.0. The lowest BCUT2D eigenvalue weighted by molar-refractivity contribution is -0.143. The van der Waals surface area contributed by atoms with E-state index in [-0.39, 0.29) is 11.7 Å². The predicted molar refractivity (Wildman–Crippen MR) is 79.6 cm³/mol. The number of nitrogens with zero attached hydrogens (tertiary/aromatic N) is 1. The summed E-state index contributed by atoms with van der Waals surface area (Å²) in [6.07, 6.45) is 1.49. The lowest BCUT2D eigenvalue weighted by Crippen LogP contribution is -2.39. The van der Waals surface area contributed by atoms with Crippen molar-refractivity contribution in [3.05, 3.63) is 35.1 Å². The van der Waals surface area contributed by atoms with Gasteiger partial charge in [-0.25, -0.2) is 4.39 Å². The number of halogens is 1. The molecule has 116 valence electrons. The molecule has 0 aliphatic carbocycles. The minimum absolute atomic E-state index is 0.167. The first-order chi connectivity index (χ1) is 10.1. The molecule has 1 aromatic rings. The molecule has 0 radical (unpaired) electrons. The van der Waals surface area contributed by atoms with E-state index in [0.29, 0.717) is 5.56 Å². The van der Waals surface area contributed by atoms with Gasteiger partial charge in [-0.3, -0.25) is 4.79 Å². The van der Waals surface area contributed by atoms with Gasteiger partial charge in [-0.15, -0.1) is 0 Å². The summed E-state index contributed by atoms with van der Waals surface area (Å²) in [7, 11) is 0. The SMILES string of the molecule is Cc1cc(CNCCN2CCC(C(=O)O)CC2)ccc1F. The Labute approximate surface area is 125 Å². The van der Waals surface area contributed by atoms with E-state index in [1.165, 1.54) is 6.07 Å². The molecule has 1 aliphatic rings. The fourth-order valence-corrected chi connectivity index (χ4v) is 2.69. The molecule has 1 fully saturated rings. The Morgan fingerprint density at radius 1 is 1.43 bits per heavy atom. The zero-order valence-corrected chi connectivity index (χ0v) is 12.4. The monoisotopic (exact) mass is 294 g/mol. The van der Waals surface area contributed by atoms with E-state index in [1.807, 2.05) is 6.07 Å². The van der Waals surface area contributed by atoms with Crippen LogP contribution in [0.2, 0.25) is 0 Å². The quantitative estimate of drug-likeness (QED) is 0.788. The van der Waals surface area contributed by atoms with Crippen LogP contribution >= 0.6 is 0 Å². The van der Waals surface area contributed by atoms with E-state index in [0.717, 1.165) is 51.1 Å². The van der Waals surface area contributed by atoms with Crippen LogP contribution in [0.15, 0.2) is 18.2 Å². The highest BCUT2D eigenvalue weighted by Crippen LogP contribution is 2.16. The molecule has 0 aromatic heterocycles. The molecule has 2 rings (SSSR count). The second-order valence-corrected chi connectivity index (χ2v) is 5.71. The molecule has 1 aromatic carbocycles. The van der Waals surface area contributed by atoms with Crippen LogP contribution in [-0.2, 0) is 11.3 Å². The second kappa shape index (κ2) is 7.52. The van der Waals surface area contributed by atoms with Crippen LogP contribution in [0.1, 0.15) is 24.0 Å². The van der Waals surface area contributed by atoms with E-state index in [9.17, 15) is 9.18 Å². The maximum atomic E-state index is 13.1. The number of hydrogen-bond donors (Lipinski definition) is 2. The largest absolute Gasteiger partial charge is 0.481 e. The number of likely N-dealkylation sites (tertiary alicyclic amines) is 1. The number of carboxylic acid groups (broad SMARTS) is 1. The smallest absolute Gasteiger partial charge is 0.306 e. The fourth-order valence-electron chi connectivity index (χ4n) is 2.69. The Morgan fingerprint density at radius 3 is 2.76 bits per heavy atom. The Kier molecular flexibility index (Phi) is 5.70. The molecular formula is C16H23FN2O2. The number of nitrogens with one attached hydrogen (secondary N) is 1. The van der Waals surface area contributed by atoms with Gasteiger partial charge in [-0.1, -0.05) is 12.1 Å². The summed E-state index contributed by atoms with van der Waals surface area (Å²) in [5.41, 5.74) is 1.75. The minimum atomic E-state index is -0.667. The topological polar surface area (TPSA) is 52.6 Å². The van der Waals surface area contributed by atoms with Gasteiger partial charge < -0.3 is 15.3 Å². The summed E-state index contributed by atoms with van der Waals surface area (Å²) in [5.74, 6) is -1.00. The molecule has 0 bridgehead atoms. The van der Waals surface area contributed by atoms with Crippen LogP contribution in [0.3, 0.4) is 0 Å². The molecule has 0 saturated carbocycles. The number of piperidine rings is 1. The highest BCUT2D eigenvalue weighted by molar-refractivity contribution is 5.70. The molecule has 5 heteroatoms. The molecule has 0 unspecified atom stereocenters. The first kappa shape index (κ1) is 15.9. The van der Waals surface area contributed by atoms with Crippen molar-refractivity contribution in [3.8, 4) is 0 Å². The van der Waals surface area contributed by atoms with Gasteiger partial charge in [0.05, 0.1) is 5.92 Å². The highest BCUT2D eigenvalue weighted by atomic mass is 19.1. The molecule has 2 N–H and O–H groups in total. The molecule has 4 nitrogen and oxygen atoms in total. The van der Waals surface area contributed by atoms with Crippen molar-refractivity contribution in [1.82, 2.24) is 10.2 Å².